The molecule has 13 heavy (non-hydrogen) atoms. The third-order valence-electron chi connectivity index (χ3n) is 1.81. The summed E-state index contributed by atoms with van der Waals surface area (Å²) in [6.07, 6.45) is 0. The molecule has 68 valence electrons. The average molecular weight is 196 g/mol. The van der Waals surface area contributed by atoms with Gasteiger partial charge < -0.3 is 5.73 Å². The lowest BCUT2D eigenvalue weighted by atomic mass is 10.1. The second-order valence-corrected chi connectivity index (χ2v) is 3.62. The molecule has 0 aliphatic carbocycles. The summed E-state index contributed by atoms with van der Waals surface area (Å²) in [5.74, 6) is -0.450. The number of carbonyl (C=O) groups excluding carboxylic acids is 1. The molecule has 0 heterocycles. The van der Waals surface area contributed by atoms with Crippen molar-refractivity contribution in [3.05, 3.63) is 35.4 Å². The number of hydrogen-bond acceptors (Lipinski definition) is 2. The first kappa shape index (κ1) is 9.80. The monoisotopic (exact) mass is 196 g/mol. The Morgan fingerprint density at radius 2 is 1.92 bits per heavy atom. The Labute approximate surface area is 80.4 Å². The lowest BCUT2D eigenvalue weighted by molar-refractivity contribution is 0.100. The predicted molar refractivity (Wildman–Crippen MR) is 51.4 cm³/mol. The number of primary amides is 1. The molecule has 3 nitrogen and oxygen atoms in total. The van der Waals surface area contributed by atoms with Crippen molar-refractivity contribution in [2.24, 2.45) is 5.73 Å². The lowest BCUT2D eigenvalue weighted by Crippen LogP contribution is -2.10. The van der Waals surface area contributed by atoms with Crippen LogP contribution < -0.4 is 5.73 Å². The molecule has 0 aliphatic heterocycles. The molecule has 0 saturated heterocycles. The van der Waals surface area contributed by atoms with E-state index in [0.717, 1.165) is 5.56 Å². The molecule has 2 N–H and O–H groups in total. The third kappa shape index (κ3) is 2.32. The summed E-state index contributed by atoms with van der Waals surface area (Å²) < 4.78 is 10.5. The Morgan fingerprint density at radius 3 is 2.31 bits per heavy atom. The van der Waals surface area contributed by atoms with Crippen LogP contribution in [0.5, 0.6) is 0 Å². The van der Waals surface area contributed by atoms with Crippen LogP contribution in [0, 0.1) is 0 Å². The molecule has 0 bridgehead atoms. The SMILES string of the molecule is CC([S+]=O)c1ccc(C(N)=O)cc1. The standard InChI is InChI=1S/C9H9NO2S/c1-6(13-12)7-2-4-8(5-3-7)9(10)11/h2-6H,1H3,(H-,10,11)/p+1. The van der Waals surface area contributed by atoms with Gasteiger partial charge in [-0.2, -0.15) is 0 Å². The fourth-order valence-electron chi connectivity index (χ4n) is 0.974. The maximum Gasteiger partial charge on any atom is 0.466 e. The molecule has 0 aromatic heterocycles. The van der Waals surface area contributed by atoms with Crippen LogP contribution in [-0.2, 0) is 15.9 Å². The Hall–Kier alpha value is -1.29. The van der Waals surface area contributed by atoms with Gasteiger partial charge in [-0.25, -0.2) is 0 Å². The Morgan fingerprint density at radius 1 is 1.38 bits per heavy atom. The third-order valence-corrected chi connectivity index (χ3v) is 2.37. The van der Waals surface area contributed by atoms with Gasteiger partial charge in [0.15, 0.2) is 0 Å². The summed E-state index contributed by atoms with van der Waals surface area (Å²) in [5.41, 5.74) is 6.44. The molecule has 1 unspecified atom stereocenters. The number of hydrogen-bond donors (Lipinski definition) is 1. The molecule has 1 atom stereocenters. The Bertz CT molecular complexity index is 321. The zero-order valence-electron chi connectivity index (χ0n) is 7.19. The van der Waals surface area contributed by atoms with Crippen molar-refractivity contribution in [3.63, 3.8) is 0 Å². The molecule has 1 aromatic carbocycles. The highest BCUT2D eigenvalue weighted by atomic mass is 32.1. The molecule has 4 heteroatoms. The van der Waals surface area contributed by atoms with Crippen LogP contribution in [0.4, 0.5) is 0 Å². The first-order chi connectivity index (χ1) is 6.15. The van der Waals surface area contributed by atoms with Crippen LogP contribution in [0.3, 0.4) is 0 Å². The maximum atomic E-state index is 10.7. The van der Waals surface area contributed by atoms with Crippen molar-refractivity contribution in [3.8, 4) is 0 Å². The highest BCUT2D eigenvalue weighted by molar-refractivity contribution is 7.65. The van der Waals surface area contributed by atoms with Gasteiger partial charge in [0.1, 0.15) is 0 Å². The second-order valence-electron chi connectivity index (χ2n) is 2.72. The minimum atomic E-state index is -0.450. The van der Waals surface area contributed by atoms with E-state index in [2.05, 4.69) is 0 Å². The van der Waals surface area contributed by atoms with Crippen molar-refractivity contribution >= 4 is 17.6 Å². The Kier molecular flexibility index (Phi) is 3.08. The van der Waals surface area contributed by atoms with Gasteiger partial charge in [0.25, 0.3) is 5.25 Å². The van der Waals surface area contributed by atoms with E-state index in [0.29, 0.717) is 17.2 Å². The maximum absolute atomic E-state index is 10.7. The predicted octanol–water partition coefficient (Wildman–Crippen LogP) is 1.27. The normalized spacial score (nSPS) is 12.1. The van der Waals surface area contributed by atoms with Crippen LogP contribution in [0.25, 0.3) is 0 Å². The number of carbonyl (C=O) groups is 1. The summed E-state index contributed by atoms with van der Waals surface area (Å²) in [6, 6.07) is 6.75. The molecule has 1 aromatic rings. The fraction of sp³-hybridized carbons (Fsp3) is 0.222. The summed E-state index contributed by atoms with van der Waals surface area (Å²) in [7, 11) is 0. The molecule has 1 amide bonds. The van der Waals surface area contributed by atoms with Crippen molar-refractivity contribution in [2.45, 2.75) is 12.2 Å². The van der Waals surface area contributed by atoms with Crippen LogP contribution in [-0.4, -0.2) is 5.91 Å². The van der Waals surface area contributed by atoms with Gasteiger partial charge in [-0.05, 0) is 12.1 Å². The topological polar surface area (TPSA) is 60.2 Å². The Balaban J connectivity index is 2.93. The van der Waals surface area contributed by atoms with E-state index in [1.54, 1.807) is 24.3 Å². The van der Waals surface area contributed by atoms with E-state index in [4.69, 9.17) is 5.73 Å². The number of benzene rings is 1. The molecule has 0 fully saturated rings. The molecular weight excluding hydrogens is 186 g/mol. The van der Waals surface area contributed by atoms with Gasteiger partial charge in [0.2, 0.25) is 5.91 Å². The van der Waals surface area contributed by atoms with Crippen LogP contribution in [0.2, 0.25) is 0 Å². The van der Waals surface area contributed by atoms with Crippen molar-refractivity contribution in [1.82, 2.24) is 0 Å². The van der Waals surface area contributed by atoms with E-state index >= 15 is 0 Å². The van der Waals surface area contributed by atoms with Gasteiger partial charge >= 0.3 is 11.7 Å². The van der Waals surface area contributed by atoms with Gasteiger partial charge in [-0.3, -0.25) is 4.79 Å². The molecule has 0 spiro atoms. The number of amides is 1. The molecular formula is C9H10NO2S+. The molecule has 0 radical (unpaired) electrons. The summed E-state index contributed by atoms with van der Waals surface area (Å²) in [6.45, 7) is 1.82. The molecule has 0 saturated carbocycles. The second kappa shape index (κ2) is 4.09. The summed E-state index contributed by atoms with van der Waals surface area (Å²) >= 11 is 0.526. The van der Waals surface area contributed by atoms with Gasteiger partial charge in [0.05, 0.1) is 0 Å². The minimum absolute atomic E-state index is 0.0954. The number of rotatable bonds is 3. The van der Waals surface area contributed by atoms with Gasteiger partial charge in [0, 0.05) is 22.3 Å². The largest absolute Gasteiger partial charge is 0.466 e. The van der Waals surface area contributed by atoms with Crippen molar-refractivity contribution in [2.75, 3.05) is 0 Å². The molecule has 1 rings (SSSR count). The summed E-state index contributed by atoms with van der Waals surface area (Å²) in [5, 5.41) is -0.0954. The van der Waals surface area contributed by atoms with Crippen molar-refractivity contribution in [1.29, 1.82) is 0 Å². The van der Waals surface area contributed by atoms with E-state index in [1.165, 1.54) is 0 Å². The van der Waals surface area contributed by atoms with E-state index in [-0.39, 0.29) is 5.25 Å². The van der Waals surface area contributed by atoms with E-state index in [1.807, 2.05) is 6.92 Å². The highest BCUT2D eigenvalue weighted by Gasteiger charge is 2.16. The van der Waals surface area contributed by atoms with Gasteiger partial charge in [-0.15, -0.1) is 0 Å². The highest BCUT2D eigenvalue weighted by Crippen LogP contribution is 2.14. The first-order valence-electron chi connectivity index (χ1n) is 3.83. The quantitative estimate of drug-likeness (QED) is 0.740. The van der Waals surface area contributed by atoms with Crippen LogP contribution in [0.1, 0.15) is 28.1 Å². The smallest absolute Gasteiger partial charge is 0.366 e. The zero-order valence-corrected chi connectivity index (χ0v) is 8.01. The zero-order chi connectivity index (χ0) is 9.84. The molecule has 0 aliphatic rings. The minimum Gasteiger partial charge on any atom is -0.366 e. The van der Waals surface area contributed by atoms with Crippen LogP contribution >= 0.6 is 0 Å². The first-order valence-corrected chi connectivity index (χ1v) is 4.64. The number of nitrogens with two attached hydrogens (primary N) is 1. The van der Waals surface area contributed by atoms with Gasteiger partial charge in [-0.1, -0.05) is 12.1 Å². The van der Waals surface area contributed by atoms with E-state index < -0.39 is 5.91 Å². The average Bonchev–Trinajstić information content (AvgIpc) is 2.17. The van der Waals surface area contributed by atoms with Crippen LogP contribution in [0.15, 0.2) is 24.3 Å². The van der Waals surface area contributed by atoms with E-state index in [9.17, 15) is 9.00 Å². The lowest BCUT2D eigenvalue weighted by Gasteiger charge is -1.97. The van der Waals surface area contributed by atoms with Crippen molar-refractivity contribution < 1.29 is 9.00 Å². The fourth-order valence-corrected chi connectivity index (χ4v) is 1.24. The summed E-state index contributed by atoms with van der Waals surface area (Å²) in [4.78, 5) is 10.7.